The minimum atomic E-state index is -0.426. The van der Waals surface area contributed by atoms with Crippen LogP contribution in [0.4, 0.5) is 10.2 Å². The van der Waals surface area contributed by atoms with Gasteiger partial charge in [0.1, 0.15) is 11.2 Å². The molecule has 0 aliphatic rings. The van der Waals surface area contributed by atoms with Crippen LogP contribution in [0.25, 0.3) is 10.2 Å². The number of fused-ring (bicyclic) bond motifs is 1. The fourth-order valence-electron chi connectivity index (χ4n) is 2.20. The van der Waals surface area contributed by atoms with Crippen LogP contribution in [0.3, 0.4) is 0 Å². The number of ether oxygens (including phenoxy) is 1. The van der Waals surface area contributed by atoms with Crippen molar-refractivity contribution in [2.45, 2.75) is 13.8 Å². The Morgan fingerprint density at radius 3 is 2.87 bits per heavy atom. The number of nitrogens with one attached hydrogen (secondary N) is 1. The second-order valence-corrected chi connectivity index (χ2v) is 6.15. The topological polar surface area (TPSA) is 59.4 Å². The molecule has 0 saturated heterocycles. The molecule has 118 valence electrons. The number of nitrogens with zero attached hydrogens (tertiary/aromatic N) is 3. The largest absolute Gasteiger partial charge is 0.494 e. The molecule has 0 amide bonds. The lowest BCUT2D eigenvalue weighted by atomic mass is 10.2. The summed E-state index contributed by atoms with van der Waals surface area (Å²) < 4.78 is 18.5. The van der Waals surface area contributed by atoms with Crippen LogP contribution in [0.1, 0.15) is 16.0 Å². The van der Waals surface area contributed by atoms with Crippen LogP contribution in [0.2, 0.25) is 0 Å². The Balaban J connectivity index is 1.84. The Morgan fingerprint density at radius 1 is 1.30 bits per heavy atom. The van der Waals surface area contributed by atoms with Gasteiger partial charge in [-0.2, -0.15) is 5.10 Å². The third-order valence-corrected chi connectivity index (χ3v) is 4.64. The van der Waals surface area contributed by atoms with Gasteiger partial charge in [0.2, 0.25) is 0 Å². The van der Waals surface area contributed by atoms with Gasteiger partial charge in [-0.15, -0.1) is 11.3 Å². The second-order valence-electron chi connectivity index (χ2n) is 4.95. The first-order valence-corrected chi connectivity index (χ1v) is 7.75. The number of benzene rings is 1. The number of rotatable bonds is 4. The van der Waals surface area contributed by atoms with E-state index in [1.54, 1.807) is 23.5 Å². The molecule has 3 aromatic rings. The van der Waals surface area contributed by atoms with E-state index in [1.807, 2.05) is 6.92 Å². The first kappa shape index (κ1) is 15.4. The van der Waals surface area contributed by atoms with Gasteiger partial charge >= 0.3 is 0 Å². The van der Waals surface area contributed by atoms with Crippen molar-refractivity contribution in [2.24, 2.45) is 5.10 Å². The van der Waals surface area contributed by atoms with Crippen molar-refractivity contribution < 1.29 is 9.13 Å². The maximum absolute atomic E-state index is 13.6. The van der Waals surface area contributed by atoms with E-state index >= 15 is 0 Å². The second kappa shape index (κ2) is 6.29. The summed E-state index contributed by atoms with van der Waals surface area (Å²) in [4.78, 5) is 10.6. The molecule has 2 aromatic heterocycles. The molecule has 0 spiro atoms. The van der Waals surface area contributed by atoms with E-state index in [2.05, 4.69) is 27.4 Å². The van der Waals surface area contributed by atoms with Crippen LogP contribution in [0, 0.1) is 19.7 Å². The van der Waals surface area contributed by atoms with Crippen molar-refractivity contribution in [1.82, 2.24) is 9.97 Å². The number of hydrogen-bond donors (Lipinski definition) is 1. The molecular formula is C16H15FN4OS. The molecule has 7 heteroatoms. The van der Waals surface area contributed by atoms with Gasteiger partial charge in [0.05, 0.1) is 18.7 Å². The molecule has 0 aliphatic heterocycles. The SMILES string of the molecule is COc1ccc(/C=N\Nc2ncnc3sc(C)c(C)c23)cc1F. The van der Waals surface area contributed by atoms with Crippen LogP contribution >= 0.6 is 11.3 Å². The molecule has 1 aromatic carbocycles. The van der Waals surface area contributed by atoms with Crippen molar-refractivity contribution >= 4 is 33.6 Å². The first-order valence-electron chi connectivity index (χ1n) is 6.93. The van der Waals surface area contributed by atoms with E-state index in [4.69, 9.17) is 4.74 Å². The lowest BCUT2D eigenvalue weighted by Gasteiger charge is -2.03. The maximum atomic E-state index is 13.6. The summed E-state index contributed by atoms with van der Waals surface area (Å²) in [5.41, 5.74) is 4.67. The van der Waals surface area contributed by atoms with E-state index in [1.165, 1.54) is 30.6 Å². The smallest absolute Gasteiger partial charge is 0.165 e. The lowest BCUT2D eigenvalue weighted by Crippen LogP contribution is -1.96. The fourth-order valence-corrected chi connectivity index (χ4v) is 3.19. The quantitative estimate of drug-likeness (QED) is 0.582. The highest BCUT2D eigenvalue weighted by Crippen LogP contribution is 2.32. The predicted molar refractivity (Wildman–Crippen MR) is 91.1 cm³/mol. The van der Waals surface area contributed by atoms with Crippen LogP contribution in [-0.4, -0.2) is 23.3 Å². The van der Waals surface area contributed by atoms with Gasteiger partial charge in [0.15, 0.2) is 17.4 Å². The van der Waals surface area contributed by atoms with Crippen molar-refractivity contribution in [3.05, 3.63) is 46.3 Å². The number of hydrazone groups is 1. The Hall–Kier alpha value is -2.54. The number of methoxy groups -OCH3 is 1. The molecule has 0 fully saturated rings. The molecule has 23 heavy (non-hydrogen) atoms. The highest BCUT2D eigenvalue weighted by molar-refractivity contribution is 7.18. The van der Waals surface area contributed by atoms with Gasteiger partial charge in [-0.3, -0.25) is 5.43 Å². The van der Waals surface area contributed by atoms with Gasteiger partial charge < -0.3 is 4.74 Å². The first-order chi connectivity index (χ1) is 11.1. The Bertz CT molecular complexity index is 891. The summed E-state index contributed by atoms with van der Waals surface area (Å²) in [7, 11) is 1.43. The van der Waals surface area contributed by atoms with E-state index in [0.29, 0.717) is 11.4 Å². The number of halogens is 1. The average molecular weight is 330 g/mol. The van der Waals surface area contributed by atoms with Gasteiger partial charge in [0, 0.05) is 4.88 Å². The van der Waals surface area contributed by atoms with E-state index in [9.17, 15) is 4.39 Å². The minimum Gasteiger partial charge on any atom is -0.494 e. The average Bonchev–Trinajstić information content (AvgIpc) is 2.83. The highest BCUT2D eigenvalue weighted by Gasteiger charge is 2.11. The molecule has 0 bridgehead atoms. The lowest BCUT2D eigenvalue weighted by molar-refractivity contribution is 0.386. The van der Waals surface area contributed by atoms with Crippen LogP contribution in [-0.2, 0) is 0 Å². The van der Waals surface area contributed by atoms with Crippen molar-refractivity contribution in [3.8, 4) is 5.75 Å². The zero-order valence-corrected chi connectivity index (χ0v) is 13.7. The molecule has 2 heterocycles. The Labute approximate surface area is 136 Å². The summed E-state index contributed by atoms with van der Waals surface area (Å²) in [5, 5.41) is 5.11. The van der Waals surface area contributed by atoms with Crippen molar-refractivity contribution in [3.63, 3.8) is 0 Å². The molecule has 3 rings (SSSR count). The van der Waals surface area contributed by atoms with Crippen LogP contribution < -0.4 is 10.2 Å². The summed E-state index contributed by atoms with van der Waals surface area (Å²) in [5.74, 6) is 0.421. The van der Waals surface area contributed by atoms with E-state index in [-0.39, 0.29) is 5.75 Å². The van der Waals surface area contributed by atoms with Crippen LogP contribution in [0.15, 0.2) is 29.6 Å². The van der Waals surface area contributed by atoms with E-state index < -0.39 is 5.82 Å². The number of thiophene rings is 1. The number of hydrogen-bond acceptors (Lipinski definition) is 6. The monoisotopic (exact) mass is 330 g/mol. The normalized spacial score (nSPS) is 11.3. The van der Waals surface area contributed by atoms with Gasteiger partial charge in [-0.05, 0) is 43.2 Å². The molecule has 0 radical (unpaired) electrons. The summed E-state index contributed by atoms with van der Waals surface area (Å²) in [6.07, 6.45) is 3.04. The van der Waals surface area contributed by atoms with Gasteiger partial charge in [-0.1, -0.05) is 0 Å². The Morgan fingerprint density at radius 2 is 2.13 bits per heavy atom. The molecule has 1 N–H and O–H groups in total. The molecule has 0 atom stereocenters. The van der Waals surface area contributed by atoms with E-state index in [0.717, 1.165) is 15.8 Å². The molecule has 0 saturated carbocycles. The predicted octanol–water partition coefficient (Wildman–Crippen LogP) is 3.90. The zero-order valence-electron chi connectivity index (χ0n) is 12.9. The third kappa shape index (κ3) is 3.00. The fraction of sp³-hybridized carbons (Fsp3) is 0.188. The zero-order chi connectivity index (χ0) is 16.4. The number of aryl methyl sites for hydroxylation is 2. The highest BCUT2D eigenvalue weighted by atomic mass is 32.1. The maximum Gasteiger partial charge on any atom is 0.165 e. The molecule has 5 nitrogen and oxygen atoms in total. The summed E-state index contributed by atoms with van der Waals surface area (Å²) in [6.45, 7) is 4.08. The molecule has 0 aliphatic carbocycles. The summed E-state index contributed by atoms with van der Waals surface area (Å²) >= 11 is 1.62. The van der Waals surface area contributed by atoms with Crippen molar-refractivity contribution in [1.29, 1.82) is 0 Å². The number of aromatic nitrogens is 2. The number of anilines is 1. The third-order valence-electron chi connectivity index (χ3n) is 3.53. The van der Waals surface area contributed by atoms with Crippen molar-refractivity contribution in [2.75, 3.05) is 12.5 Å². The van der Waals surface area contributed by atoms with Gasteiger partial charge in [0.25, 0.3) is 0 Å². The Kier molecular flexibility index (Phi) is 4.20. The molecular weight excluding hydrogens is 315 g/mol. The standard InChI is InChI=1S/C16H15FN4OS/c1-9-10(2)23-16-14(9)15(18-8-19-16)21-20-7-11-4-5-13(22-3)12(17)6-11/h4-8H,1-3H3,(H,18,19,21)/b20-7-. The molecule has 0 unspecified atom stereocenters. The van der Waals surface area contributed by atoms with Crippen LogP contribution in [0.5, 0.6) is 5.75 Å². The van der Waals surface area contributed by atoms with Gasteiger partial charge in [-0.25, -0.2) is 14.4 Å². The minimum absolute atomic E-state index is 0.206. The summed E-state index contributed by atoms with van der Waals surface area (Å²) in [6, 6.07) is 4.65.